The quantitative estimate of drug-likeness (QED) is 0.725. The highest BCUT2D eigenvalue weighted by Gasteiger charge is 2.33. The van der Waals surface area contributed by atoms with E-state index in [1.54, 1.807) is 12.1 Å². The van der Waals surface area contributed by atoms with Gasteiger partial charge in [-0.1, -0.05) is 15.9 Å². The van der Waals surface area contributed by atoms with Crippen molar-refractivity contribution in [2.24, 2.45) is 0 Å². The summed E-state index contributed by atoms with van der Waals surface area (Å²) in [7, 11) is 0. The Labute approximate surface area is 139 Å². The maximum Gasteiger partial charge on any atom is 0.433 e. The van der Waals surface area contributed by atoms with E-state index in [9.17, 15) is 13.2 Å². The third-order valence-electron chi connectivity index (χ3n) is 2.86. The minimum atomic E-state index is -4.59. The summed E-state index contributed by atoms with van der Waals surface area (Å²) in [5, 5.41) is 14.2. The van der Waals surface area contributed by atoms with Gasteiger partial charge >= 0.3 is 6.18 Å². The predicted molar refractivity (Wildman–Crippen MR) is 84.8 cm³/mol. The van der Waals surface area contributed by atoms with Crippen molar-refractivity contribution in [2.45, 2.75) is 13.1 Å². The Morgan fingerprint density at radius 2 is 1.96 bits per heavy atom. The number of anilines is 3. The van der Waals surface area contributed by atoms with Crippen LogP contribution < -0.4 is 10.6 Å². The molecule has 0 atom stereocenters. The monoisotopic (exact) mass is 390 g/mol. The van der Waals surface area contributed by atoms with Gasteiger partial charge in [0.15, 0.2) is 5.69 Å². The van der Waals surface area contributed by atoms with Crippen molar-refractivity contribution in [1.29, 1.82) is 0 Å². The maximum absolute atomic E-state index is 12.9. The Bertz CT molecular complexity index is 694. The summed E-state index contributed by atoms with van der Waals surface area (Å²) in [6.07, 6.45) is -4.59. The molecule has 3 N–H and O–H groups in total. The summed E-state index contributed by atoms with van der Waals surface area (Å²) in [4.78, 5) is 7.40. The van der Waals surface area contributed by atoms with Crippen LogP contribution in [0, 0.1) is 6.92 Å². The second-order valence-corrected chi connectivity index (χ2v) is 5.61. The maximum atomic E-state index is 12.9. The van der Waals surface area contributed by atoms with Gasteiger partial charge < -0.3 is 15.7 Å². The summed E-state index contributed by atoms with van der Waals surface area (Å²) < 4.78 is 39.7. The Hall–Kier alpha value is -1.87. The molecular weight excluding hydrogens is 377 g/mol. The Balaban J connectivity index is 2.36. The van der Waals surface area contributed by atoms with E-state index in [1.165, 1.54) is 0 Å². The predicted octanol–water partition coefficient (Wildman–Crippen LogP) is 3.71. The number of nitrogens with zero attached hydrogens (tertiary/aromatic N) is 2. The number of benzene rings is 1. The fourth-order valence-electron chi connectivity index (χ4n) is 1.81. The Morgan fingerprint density at radius 3 is 2.57 bits per heavy atom. The topological polar surface area (TPSA) is 70.1 Å². The van der Waals surface area contributed by atoms with Crippen LogP contribution in [0.2, 0.25) is 0 Å². The highest BCUT2D eigenvalue weighted by atomic mass is 79.9. The van der Waals surface area contributed by atoms with Gasteiger partial charge in [0.1, 0.15) is 5.82 Å². The first-order valence-electron chi connectivity index (χ1n) is 6.64. The summed E-state index contributed by atoms with van der Waals surface area (Å²) in [6.45, 7) is 1.64. The molecule has 1 aromatic heterocycles. The number of aliphatic hydroxyl groups is 1. The minimum Gasteiger partial charge on any atom is -0.395 e. The lowest BCUT2D eigenvalue weighted by Crippen LogP contribution is -2.15. The normalized spacial score (nSPS) is 11.4. The van der Waals surface area contributed by atoms with E-state index in [4.69, 9.17) is 5.11 Å². The molecule has 1 heterocycles. The molecule has 0 saturated heterocycles. The van der Waals surface area contributed by atoms with Crippen molar-refractivity contribution < 1.29 is 18.3 Å². The van der Waals surface area contributed by atoms with E-state index >= 15 is 0 Å². The number of aromatic nitrogens is 2. The summed E-state index contributed by atoms with van der Waals surface area (Å²) in [5.41, 5.74) is 0.412. The van der Waals surface area contributed by atoms with Gasteiger partial charge in [0.25, 0.3) is 0 Å². The fourth-order valence-corrected chi connectivity index (χ4v) is 2.28. The van der Waals surface area contributed by atoms with Crippen molar-refractivity contribution in [3.63, 3.8) is 0 Å². The molecule has 0 radical (unpaired) electrons. The molecule has 0 unspecified atom stereocenters. The third kappa shape index (κ3) is 4.80. The molecule has 0 aliphatic rings. The van der Waals surface area contributed by atoms with Crippen molar-refractivity contribution >= 4 is 33.4 Å². The van der Waals surface area contributed by atoms with E-state index in [2.05, 4.69) is 36.5 Å². The lowest BCUT2D eigenvalue weighted by atomic mass is 10.2. The number of aryl methyl sites for hydroxylation is 1. The molecular formula is C14H14BrF3N4O. The number of alkyl halides is 3. The van der Waals surface area contributed by atoms with Gasteiger partial charge in [0.2, 0.25) is 5.95 Å². The number of nitrogens with one attached hydrogen (secondary N) is 2. The molecule has 23 heavy (non-hydrogen) atoms. The van der Waals surface area contributed by atoms with E-state index in [-0.39, 0.29) is 24.9 Å². The van der Waals surface area contributed by atoms with Crippen molar-refractivity contribution in [1.82, 2.24) is 9.97 Å². The zero-order valence-electron chi connectivity index (χ0n) is 12.1. The van der Waals surface area contributed by atoms with Crippen LogP contribution in [-0.2, 0) is 6.18 Å². The van der Waals surface area contributed by atoms with Gasteiger partial charge in [-0.15, -0.1) is 0 Å². The molecule has 9 heteroatoms. The smallest absolute Gasteiger partial charge is 0.395 e. The zero-order valence-corrected chi connectivity index (χ0v) is 13.7. The first kappa shape index (κ1) is 17.5. The van der Waals surface area contributed by atoms with Crippen LogP contribution in [0.1, 0.15) is 11.3 Å². The minimum absolute atomic E-state index is 0.0122. The number of rotatable bonds is 5. The fraction of sp³-hybridized carbons (Fsp3) is 0.286. The van der Waals surface area contributed by atoms with Crippen LogP contribution in [0.25, 0.3) is 0 Å². The lowest BCUT2D eigenvalue weighted by Gasteiger charge is -2.13. The molecule has 0 amide bonds. The van der Waals surface area contributed by atoms with Gasteiger partial charge in [-0.2, -0.15) is 18.2 Å². The van der Waals surface area contributed by atoms with Gasteiger partial charge in [0, 0.05) is 22.8 Å². The van der Waals surface area contributed by atoms with Crippen molar-refractivity contribution in [3.8, 4) is 0 Å². The number of hydrogen-bond acceptors (Lipinski definition) is 5. The molecule has 124 valence electrons. The largest absolute Gasteiger partial charge is 0.433 e. The summed E-state index contributed by atoms with van der Waals surface area (Å²) in [6, 6.07) is 6.17. The zero-order chi connectivity index (χ0) is 17.0. The van der Waals surface area contributed by atoms with E-state index in [0.717, 1.165) is 16.1 Å². The molecule has 2 aromatic rings. The Kier molecular flexibility index (Phi) is 5.42. The molecule has 1 aromatic carbocycles. The lowest BCUT2D eigenvalue weighted by molar-refractivity contribution is -0.141. The Morgan fingerprint density at radius 1 is 1.22 bits per heavy atom. The van der Waals surface area contributed by atoms with Gasteiger partial charge in [-0.3, -0.25) is 0 Å². The van der Waals surface area contributed by atoms with Crippen molar-refractivity contribution in [2.75, 3.05) is 23.8 Å². The highest BCUT2D eigenvalue weighted by Crippen LogP contribution is 2.31. The number of hydrogen-bond donors (Lipinski definition) is 3. The molecule has 0 bridgehead atoms. The van der Waals surface area contributed by atoms with Gasteiger partial charge in [-0.05, 0) is 30.7 Å². The molecule has 0 aliphatic heterocycles. The van der Waals surface area contributed by atoms with Crippen LogP contribution >= 0.6 is 15.9 Å². The number of aliphatic hydroxyl groups excluding tert-OH is 1. The molecule has 0 saturated carbocycles. The average molecular weight is 391 g/mol. The highest BCUT2D eigenvalue weighted by molar-refractivity contribution is 9.10. The van der Waals surface area contributed by atoms with E-state index in [1.807, 2.05) is 13.0 Å². The molecule has 5 nitrogen and oxygen atoms in total. The molecule has 2 rings (SSSR count). The van der Waals surface area contributed by atoms with Crippen LogP contribution in [0.15, 0.2) is 28.7 Å². The standard InChI is InChI=1S/C14H14BrF3N4O/c1-8-6-9(15)2-3-10(8)20-12-7-11(14(16,17)18)21-13(22-12)19-4-5-23/h2-3,6-7,23H,4-5H2,1H3,(H2,19,20,21,22). The number of halogens is 4. The van der Waals surface area contributed by atoms with Crippen LogP contribution in [0.4, 0.5) is 30.6 Å². The summed E-state index contributed by atoms with van der Waals surface area (Å²) >= 11 is 3.32. The average Bonchev–Trinajstić information content (AvgIpc) is 2.47. The van der Waals surface area contributed by atoms with Gasteiger partial charge in [0.05, 0.1) is 6.61 Å². The second-order valence-electron chi connectivity index (χ2n) is 4.69. The first-order chi connectivity index (χ1) is 10.8. The van der Waals surface area contributed by atoms with Gasteiger partial charge in [-0.25, -0.2) is 4.98 Å². The SMILES string of the molecule is Cc1cc(Br)ccc1Nc1cc(C(F)(F)F)nc(NCCO)n1. The third-order valence-corrected chi connectivity index (χ3v) is 3.36. The van der Waals surface area contributed by atoms with Crippen LogP contribution in [-0.4, -0.2) is 28.2 Å². The van der Waals surface area contributed by atoms with E-state index in [0.29, 0.717) is 5.69 Å². The van der Waals surface area contributed by atoms with Crippen molar-refractivity contribution in [3.05, 3.63) is 40.0 Å². The van der Waals surface area contributed by atoms with Crippen LogP contribution in [0.5, 0.6) is 0 Å². The molecule has 0 fully saturated rings. The molecule has 0 aliphatic carbocycles. The molecule has 0 spiro atoms. The summed E-state index contributed by atoms with van der Waals surface area (Å²) in [5.74, 6) is -0.190. The van der Waals surface area contributed by atoms with Crippen LogP contribution in [0.3, 0.4) is 0 Å². The van der Waals surface area contributed by atoms with E-state index < -0.39 is 11.9 Å². The second kappa shape index (κ2) is 7.14. The first-order valence-corrected chi connectivity index (χ1v) is 7.43.